The van der Waals surface area contributed by atoms with Crippen LogP contribution in [-0.2, 0) is 0 Å². The highest BCUT2D eigenvalue weighted by Gasteiger charge is 2.23. The molecule has 0 bridgehead atoms. The van der Waals surface area contributed by atoms with E-state index in [2.05, 4.69) is 170 Å². The summed E-state index contributed by atoms with van der Waals surface area (Å²) >= 11 is 1.89. The first-order valence-corrected chi connectivity index (χ1v) is 18.2. The van der Waals surface area contributed by atoms with Crippen LogP contribution in [0.3, 0.4) is 0 Å². The second-order valence-electron chi connectivity index (χ2n) is 13.8. The maximum absolute atomic E-state index is 2.47. The molecule has 10 aromatic rings. The summed E-state index contributed by atoms with van der Waals surface area (Å²) in [6.07, 6.45) is 0. The Bertz CT molecular complexity index is 3030. The average Bonchev–Trinajstić information content (AvgIpc) is 3.80. The molecule has 0 saturated carbocycles. The van der Waals surface area contributed by atoms with Crippen LogP contribution in [0.25, 0.3) is 103 Å². The third-order valence-electron chi connectivity index (χ3n) is 11.0. The molecule has 2 heterocycles. The van der Waals surface area contributed by atoms with Gasteiger partial charge in [-0.15, -0.1) is 11.3 Å². The Morgan fingerprint density at radius 1 is 0.380 bits per heavy atom. The maximum atomic E-state index is 2.47. The first-order valence-electron chi connectivity index (χ1n) is 17.3. The Morgan fingerprint density at radius 2 is 1.04 bits per heavy atom. The van der Waals surface area contributed by atoms with Gasteiger partial charge in [0, 0.05) is 36.6 Å². The van der Waals surface area contributed by atoms with Crippen LogP contribution >= 0.6 is 11.3 Å². The summed E-state index contributed by atoms with van der Waals surface area (Å²) in [5.41, 5.74) is 16.6. The molecule has 1 aliphatic carbocycles. The molecule has 0 saturated heterocycles. The van der Waals surface area contributed by atoms with Crippen LogP contribution in [-0.4, -0.2) is 4.57 Å². The fraction of sp³-hybridized carbons (Fsp3) is 0.0417. The molecule has 8 aromatic carbocycles. The number of aromatic nitrogens is 1. The lowest BCUT2D eigenvalue weighted by Crippen LogP contribution is -1.97. The maximum Gasteiger partial charge on any atom is 0.0548 e. The summed E-state index contributed by atoms with van der Waals surface area (Å²) in [5.74, 6) is 0. The molecule has 2 heteroatoms. The van der Waals surface area contributed by atoms with Crippen molar-refractivity contribution in [2.24, 2.45) is 0 Å². The minimum Gasteiger partial charge on any atom is -0.309 e. The topological polar surface area (TPSA) is 4.93 Å². The Kier molecular flexibility index (Phi) is 5.74. The van der Waals surface area contributed by atoms with Gasteiger partial charge in [0.25, 0.3) is 0 Å². The lowest BCUT2D eigenvalue weighted by Gasteiger charge is -2.16. The van der Waals surface area contributed by atoms with Gasteiger partial charge in [0.1, 0.15) is 0 Å². The van der Waals surface area contributed by atoms with Crippen LogP contribution in [0.15, 0.2) is 152 Å². The zero-order valence-corrected chi connectivity index (χ0v) is 28.6. The smallest absolute Gasteiger partial charge is 0.0548 e. The van der Waals surface area contributed by atoms with E-state index >= 15 is 0 Å². The summed E-state index contributed by atoms with van der Waals surface area (Å²) in [4.78, 5) is 0. The third-order valence-corrected chi connectivity index (χ3v) is 12.2. The molecular formula is C48H31NS. The van der Waals surface area contributed by atoms with Crippen LogP contribution in [0.5, 0.6) is 0 Å². The van der Waals surface area contributed by atoms with Gasteiger partial charge >= 0.3 is 0 Å². The zero-order chi connectivity index (χ0) is 33.1. The highest BCUT2D eigenvalue weighted by molar-refractivity contribution is 7.25. The molecule has 0 spiro atoms. The Hall–Kier alpha value is -5.96. The fourth-order valence-electron chi connectivity index (χ4n) is 8.64. The van der Waals surface area contributed by atoms with Crippen molar-refractivity contribution < 1.29 is 0 Å². The molecule has 0 aliphatic heterocycles. The fourth-order valence-corrected chi connectivity index (χ4v) is 9.77. The van der Waals surface area contributed by atoms with Crippen molar-refractivity contribution in [2.45, 2.75) is 13.8 Å². The van der Waals surface area contributed by atoms with Crippen molar-refractivity contribution in [3.8, 4) is 50.2 Å². The van der Waals surface area contributed by atoms with Crippen molar-refractivity contribution in [3.05, 3.63) is 163 Å². The molecule has 0 radical (unpaired) electrons. The van der Waals surface area contributed by atoms with E-state index in [0.29, 0.717) is 0 Å². The SMILES string of the molecule is Cc1ccc(-c2ccc3c4c(cccc24)-c2ccccc2-3)cc1-c1cc(-n2c3ccccc3c3cc4sc5ccccc5c4cc32)ccc1C. The van der Waals surface area contributed by atoms with Gasteiger partial charge in [0.15, 0.2) is 0 Å². The largest absolute Gasteiger partial charge is 0.309 e. The molecule has 11 rings (SSSR count). The molecule has 1 aliphatic rings. The predicted molar refractivity (Wildman–Crippen MR) is 216 cm³/mol. The normalized spacial score (nSPS) is 12.2. The first-order chi connectivity index (χ1) is 24.6. The monoisotopic (exact) mass is 653 g/mol. The van der Waals surface area contributed by atoms with E-state index in [1.54, 1.807) is 0 Å². The lowest BCUT2D eigenvalue weighted by molar-refractivity contribution is 1.18. The Labute approximate surface area is 294 Å². The standard InChI is InChI=1S/C48H31NS/c1-28-18-20-30(32-22-23-39-34-11-4-3-10-33(34)38-15-9-14-37(32)48(38)39)24-40(28)41-25-31(21-19-29(41)2)49-44-16-7-5-12-35(44)42-27-47-43(26-45(42)49)36-13-6-8-17-46(36)50-47/h3-27H,1-2H3. The highest BCUT2D eigenvalue weighted by atomic mass is 32.1. The lowest BCUT2D eigenvalue weighted by atomic mass is 9.90. The summed E-state index contributed by atoms with van der Waals surface area (Å²) < 4.78 is 5.15. The van der Waals surface area contributed by atoms with Crippen molar-refractivity contribution >= 4 is 64.1 Å². The van der Waals surface area contributed by atoms with Crippen molar-refractivity contribution in [3.63, 3.8) is 0 Å². The van der Waals surface area contributed by atoms with Crippen LogP contribution in [0.2, 0.25) is 0 Å². The zero-order valence-electron chi connectivity index (χ0n) is 27.8. The minimum atomic E-state index is 1.18. The summed E-state index contributed by atoms with van der Waals surface area (Å²) in [6.45, 7) is 4.49. The Balaban J connectivity index is 1.11. The van der Waals surface area contributed by atoms with Crippen molar-refractivity contribution in [1.29, 1.82) is 0 Å². The second-order valence-corrected chi connectivity index (χ2v) is 14.9. The molecule has 0 atom stereocenters. The highest BCUT2D eigenvalue weighted by Crippen LogP contribution is 2.49. The minimum absolute atomic E-state index is 1.18. The molecule has 0 fully saturated rings. The first kappa shape index (κ1) is 27.9. The van der Waals surface area contributed by atoms with Gasteiger partial charge in [-0.25, -0.2) is 0 Å². The van der Waals surface area contributed by atoms with E-state index in [4.69, 9.17) is 0 Å². The number of nitrogens with zero attached hydrogens (tertiary/aromatic N) is 1. The van der Waals surface area contributed by atoms with E-state index in [1.807, 2.05) is 11.3 Å². The number of para-hydroxylation sites is 1. The molecular weight excluding hydrogens is 623 g/mol. The molecule has 2 aromatic heterocycles. The van der Waals surface area contributed by atoms with Gasteiger partial charge in [-0.05, 0) is 123 Å². The third kappa shape index (κ3) is 3.83. The van der Waals surface area contributed by atoms with E-state index in [1.165, 1.54) is 114 Å². The number of fused-ring (bicyclic) bond motifs is 9. The summed E-state index contributed by atoms with van der Waals surface area (Å²) in [7, 11) is 0. The summed E-state index contributed by atoms with van der Waals surface area (Å²) in [6, 6.07) is 56.7. The van der Waals surface area contributed by atoms with E-state index in [0.717, 1.165) is 0 Å². The van der Waals surface area contributed by atoms with Crippen LogP contribution in [0.4, 0.5) is 0 Å². The number of hydrogen-bond donors (Lipinski definition) is 0. The predicted octanol–water partition coefficient (Wildman–Crippen LogP) is 13.9. The molecule has 0 unspecified atom stereocenters. The van der Waals surface area contributed by atoms with Gasteiger partial charge in [-0.2, -0.15) is 0 Å². The second kappa shape index (κ2) is 10.3. The molecule has 50 heavy (non-hydrogen) atoms. The summed E-state index contributed by atoms with van der Waals surface area (Å²) in [5, 5.41) is 7.92. The quantitative estimate of drug-likeness (QED) is 0.179. The van der Waals surface area contributed by atoms with E-state index < -0.39 is 0 Å². The van der Waals surface area contributed by atoms with E-state index in [9.17, 15) is 0 Å². The number of benzene rings is 8. The van der Waals surface area contributed by atoms with Crippen LogP contribution < -0.4 is 0 Å². The number of aryl methyl sites for hydroxylation is 2. The Morgan fingerprint density at radius 3 is 1.90 bits per heavy atom. The number of hydrogen-bond acceptors (Lipinski definition) is 1. The van der Waals surface area contributed by atoms with E-state index in [-0.39, 0.29) is 0 Å². The molecule has 0 N–H and O–H groups in total. The van der Waals surface area contributed by atoms with Crippen molar-refractivity contribution in [1.82, 2.24) is 4.57 Å². The number of rotatable bonds is 3. The average molecular weight is 654 g/mol. The van der Waals surface area contributed by atoms with Gasteiger partial charge in [0.2, 0.25) is 0 Å². The van der Waals surface area contributed by atoms with Gasteiger partial charge in [0.05, 0.1) is 11.0 Å². The van der Waals surface area contributed by atoms with Crippen LogP contribution in [0.1, 0.15) is 11.1 Å². The van der Waals surface area contributed by atoms with Gasteiger partial charge in [-0.1, -0.05) is 109 Å². The molecule has 0 amide bonds. The molecule has 234 valence electrons. The molecule has 1 nitrogen and oxygen atoms in total. The van der Waals surface area contributed by atoms with Crippen LogP contribution in [0, 0.1) is 13.8 Å². The van der Waals surface area contributed by atoms with Crippen molar-refractivity contribution in [2.75, 3.05) is 0 Å². The van der Waals surface area contributed by atoms with Gasteiger partial charge in [-0.3, -0.25) is 0 Å². The van der Waals surface area contributed by atoms with Gasteiger partial charge < -0.3 is 4.57 Å². The number of thiophene rings is 1.